The highest BCUT2D eigenvalue weighted by atomic mass is 16.5. The number of benzene rings is 1. The summed E-state index contributed by atoms with van der Waals surface area (Å²) in [5.41, 5.74) is 7.79. The van der Waals surface area contributed by atoms with Gasteiger partial charge < -0.3 is 10.5 Å². The maximum Gasteiger partial charge on any atom is 0.119 e. The molecule has 0 heterocycles. The smallest absolute Gasteiger partial charge is 0.119 e. The molecule has 1 atom stereocenters. The van der Waals surface area contributed by atoms with Gasteiger partial charge in [0.1, 0.15) is 5.75 Å². The van der Waals surface area contributed by atoms with Crippen LogP contribution in [0.5, 0.6) is 5.75 Å². The van der Waals surface area contributed by atoms with Crippen LogP contribution in [0.15, 0.2) is 24.3 Å². The zero-order valence-corrected chi connectivity index (χ0v) is 12.4. The van der Waals surface area contributed by atoms with Crippen molar-refractivity contribution in [3.8, 4) is 5.75 Å². The number of hydrogen-bond donors (Lipinski definition) is 1. The summed E-state index contributed by atoms with van der Waals surface area (Å²) >= 11 is 0. The van der Waals surface area contributed by atoms with Crippen LogP contribution < -0.4 is 10.5 Å². The molecule has 1 aromatic carbocycles. The first-order chi connectivity index (χ1) is 9.83. The third kappa shape index (κ3) is 3.76. The van der Waals surface area contributed by atoms with E-state index >= 15 is 0 Å². The summed E-state index contributed by atoms with van der Waals surface area (Å²) in [6, 6.07) is 8.72. The molecule has 0 radical (unpaired) electrons. The topological polar surface area (TPSA) is 35.2 Å². The lowest BCUT2D eigenvalue weighted by atomic mass is 9.83. The molecule has 1 aromatic rings. The van der Waals surface area contributed by atoms with Gasteiger partial charge in [-0.05, 0) is 49.3 Å². The van der Waals surface area contributed by atoms with Crippen molar-refractivity contribution in [2.45, 2.75) is 69.9 Å². The van der Waals surface area contributed by atoms with Crippen molar-refractivity contribution in [1.82, 2.24) is 0 Å². The van der Waals surface area contributed by atoms with Crippen LogP contribution in [0.3, 0.4) is 0 Å². The average Bonchev–Trinajstić information content (AvgIpc) is 3.23. The quantitative estimate of drug-likeness (QED) is 0.871. The Kier molecular flexibility index (Phi) is 4.62. The molecule has 20 heavy (non-hydrogen) atoms. The lowest BCUT2D eigenvalue weighted by molar-refractivity contribution is 0.302. The van der Waals surface area contributed by atoms with Gasteiger partial charge in [0.05, 0.1) is 6.10 Å². The van der Waals surface area contributed by atoms with Gasteiger partial charge in [-0.15, -0.1) is 0 Å². The van der Waals surface area contributed by atoms with E-state index in [1.807, 2.05) is 0 Å². The van der Waals surface area contributed by atoms with Crippen LogP contribution in [0.25, 0.3) is 0 Å². The summed E-state index contributed by atoms with van der Waals surface area (Å²) in [4.78, 5) is 0. The molecule has 2 heteroatoms. The van der Waals surface area contributed by atoms with Gasteiger partial charge in [-0.2, -0.15) is 0 Å². The molecule has 0 aromatic heterocycles. The van der Waals surface area contributed by atoms with E-state index in [1.54, 1.807) is 0 Å². The van der Waals surface area contributed by atoms with Crippen molar-refractivity contribution >= 4 is 0 Å². The van der Waals surface area contributed by atoms with Gasteiger partial charge >= 0.3 is 0 Å². The van der Waals surface area contributed by atoms with Crippen LogP contribution in [0.4, 0.5) is 0 Å². The number of ether oxygens (including phenoxy) is 1. The minimum atomic E-state index is 0.197. The first-order valence-electron chi connectivity index (χ1n) is 8.35. The Morgan fingerprint density at radius 3 is 2.05 bits per heavy atom. The molecule has 2 aliphatic carbocycles. The van der Waals surface area contributed by atoms with Crippen LogP contribution in [0, 0.1) is 5.92 Å². The second kappa shape index (κ2) is 6.62. The summed E-state index contributed by atoms with van der Waals surface area (Å²) in [5, 5.41) is 0. The molecule has 0 bridgehead atoms. The predicted octanol–water partition coefficient (Wildman–Crippen LogP) is 4.59. The first kappa shape index (κ1) is 13.9. The Hall–Kier alpha value is -1.02. The summed E-state index contributed by atoms with van der Waals surface area (Å²) in [5.74, 6) is 1.66. The fourth-order valence-corrected chi connectivity index (χ4v) is 3.27. The largest absolute Gasteiger partial charge is 0.490 e. The SMILES string of the molecule is NC(c1ccc(OC2CC2)cc1)C1CCCCCCC1. The highest BCUT2D eigenvalue weighted by Gasteiger charge is 2.24. The van der Waals surface area contributed by atoms with Crippen LogP contribution >= 0.6 is 0 Å². The number of hydrogen-bond acceptors (Lipinski definition) is 2. The lowest BCUT2D eigenvalue weighted by Gasteiger charge is -2.26. The normalized spacial score (nSPS) is 22.9. The maximum atomic E-state index is 6.51. The predicted molar refractivity (Wildman–Crippen MR) is 82.8 cm³/mol. The minimum Gasteiger partial charge on any atom is -0.490 e. The molecule has 2 N–H and O–H groups in total. The van der Waals surface area contributed by atoms with Gasteiger partial charge in [-0.25, -0.2) is 0 Å². The molecular weight excluding hydrogens is 246 g/mol. The molecule has 0 saturated heterocycles. The molecule has 0 spiro atoms. The Labute approximate surface area is 122 Å². The second-order valence-electron chi connectivity index (χ2n) is 6.52. The highest BCUT2D eigenvalue weighted by molar-refractivity contribution is 5.29. The molecule has 3 rings (SSSR count). The van der Waals surface area contributed by atoms with Crippen LogP contribution in [0.1, 0.15) is 69.4 Å². The molecule has 2 fully saturated rings. The summed E-state index contributed by atoms with van der Waals surface area (Å²) < 4.78 is 5.80. The van der Waals surface area contributed by atoms with Gasteiger partial charge in [0, 0.05) is 6.04 Å². The standard InChI is InChI=1S/C18H27NO/c19-18(14-6-4-2-1-3-5-7-14)15-8-10-16(11-9-15)20-17-12-13-17/h8-11,14,17-18H,1-7,12-13,19H2. The van der Waals surface area contributed by atoms with Crippen molar-refractivity contribution in [3.05, 3.63) is 29.8 Å². The van der Waals surface area contributed by atoms with Crippen LogP contribution in [-0.2, 0) is 0 Å². The Bertz CT molecular complexity index is 402. The van der Waals surface area contributed by atoms with E-state index in [1.165, 1.54) is 63.4 Å². The van der Waals surface area contributed by atoms with Crippen LogP contribution in [0.2, 0.25) is 0 Å². The maximum absolute atomic E-state index is 6.51. The van der Waals surface area contributed by atoms with E-state index in [-0.39, 0.29) is 6.04 Å². The zero-order chi connectivity index (χ0) is 13.8. The summed E-state index contributed by atoms with van der Waals surface area (Å²) in [6.07, 6.45) is 12.4. The fraction of sp³-hybridized carbons (Fsp3) is 0.667. The number of nitrogens with two attached hydrogens (primary N) is 1. The molecule has 0 aliphatic heterocycles. The molecule has 1 unspecified atom stereocenters. The van der Waals surface area contributed by atoms with Crippen LogP contribution in [-0.4, -0.2) is 6.10 Å². The van der Waals surface area contributed by atoms with Crippen molar-refractivity contribution < 1.29 is 4.74 Å². The average molecular weight is 273 g/mol. The Balaban J connectivity index is 1.60. The third-order valence-electron chi connectivity index (χ3n) is 4.75. The van der Waals surface area contributed by atoms with E-state index in [0.717, 1.165) is 5.75 Å². The van der Waals surface area contributed by atoms with E-state index in [0.29, 0.717) is 12.0 Å². The van der Waals surface area contributed by atoms with Crippen molar-refractivity contribution in [2.24, 2.45) is 11.7 Å². The van der Waals surface area contributed by atoms with Crippen molar-refractivity contribution in [3.63, 3.8) is 0 Å². The number of rotatable bonds is 4. The van der Waals surface area contributed by atoms with Gasteiger partial charge in [-0.1, -0.05) is 44.2 Å². The Morgan fingerprint density at radius 1 is 0.850 bits per heavy atom. The first-order valence-corrected chi connectivity index (χ1v) is 8.35. The summed E-state index contributed by atoms with van der Waals surface area (Å²) in [6.45, 7) is 0. The van der Waals surface area contributed by atoms with E-state index < -0.39 is 0 Å². The monoisotopic (exact) mass is 273 g/mol. The lowest BCUT2D eigenvalue weighted by Crippen LogP contribution is -2.22. The van der Waals surface area contributed by atoms with Gasteiger partial charge in [0.25, 0.3) is 0 Å². The molecule has 2 nitrogen and oxygen atoms in total. The highest BCUT2D eigenvalue weighted by Crippen LogP contribution is 2.33. The van der Waals surface area contributed by atoms with Crippen molar-refractivity contribution in [2.75, 3.05) is 0 Å². The molecule has 0 amide bonds. The molecule has 110 valence electrons. The van der Waals surface area contributed by atoms with Gasteiger partial charge in [0.15, 0.2) is 0 Å². The summed E-state index contributed by atoms with van der Waals surface area (Å²) in [7, 11) is 0. The van der Waals surface area contributed by atoms with Crippen molar-refractivity contribution in [1.29, 1.82) is 0 Å². The zero-order valence-electron chi connectivity index (χ0n) is 12.4. The van der Waals surface area contributed by atoms with Gasteiger partial charge in [-0.3, -0.25) is 0 Å². The third-order valence-corrected chi connectivity index (χ3v) is 4.75. The Morgan fingerprint density at radius 2 is 1.45 bits per heavy atom. The van der Waals surface area contributed by atoms with E-state index in [2.05, 4.69) is 24.3 Å². The van der Waals surface area contributed by atoms with Gasteiger partial charge in [0.2, 0.25) is 0 Å². The van der Waals surface area contributed by atoms with E-state index in [4.69, 9.17) is 10.5 Å². The molecular formula is C18H27NO. The minimum absolute atomic E-state index is 0.197. The second-order valence-corrected chi connectivity index (χ2v) is 6.52. The molecule has 2 saturated carbocycles. The molecule has 2 aliphatic rings. The fourth-order valence-electron chi connectivity index (χ4n) is 3.27. The van der Waals surface area contributed by atoms with E-state index in [9.17, 15) is 0 Å².